The highest BCUT2D eigenvalue weighted by Crippen LogP contribution is 2.29. The molecule has 192 valence electrons. The number of likely N-dealkylation sites (N-methyl/N-ethyl adjacent to an activating group) is 1. The SMILES string of the molecule is COc1ccc(-c2cc3ccc(OC)cc3c(=O)n2-c2ccc(OCCN3CCN(C)CC3)cc2)cc1. The van der Waals surface area contributed by atoms with Gasteiger partial charge in [0, 0.05) is 38.4 Å². The number of piperazine rings is 1. The molecule has 0 N–H and O–H groups in total. The van der Waals surface area contributed by atoms with Gasteiger partial charge in [0.25, 0.3) is 5.56 Å². The summed E-state index contributed by atoms with van der Waals surface area (Å²) in [6.45, 7) is 5.87. The van der Waals surface area contributed by atoms with Gasteiger partial charge >= 0.3 is 0 Å². The number of ether oxygens (including phenoxy) is 3. The van der Waals surface area contributed by atoms with Crippen molar-refractivity contribution in [2.75, 3.05) is 60.6 Å². The Kier molecular flexibility index (Phi) is 7.44. The van der Waals surface area contributed by atoms with Crippen LogP contribution in [0.4, 0.5) is 0 Å². The molecule has 1 aromatic heterocycles. The van der Waals surface area contributed by atoms with Gasteiger partial charge in [-0.2, -0.15) is 0 Å². The largest absolute Gasteiger partial charge is 0.497 e. The van der Waals surface area contributed by atoms with E-state index in [1.54, 1.807) is 24.9 Å². The van der Waals surface area contributed by atoms with Crippen molar-refractivity contribution in [1.29, 1.82) is 0 Å². The number of aromatic nitrogens is 1. The number of fused-ring (bicyclic) bond motifs is 1. The molecule has 1 aliphatic heterocycles. The zero-order valence-corrected chi connectivity index (χ0v) is 21.6. The molecule has 0 amide bonds. The van der Waals surface area contributed by atoms with Crippen LogP contribution in [0.5, 0.6) is 17.2 Å². The van der Waals surface area contributed by atoms with E-state index in [1.165, 1.54) is 0 Å². The molecule has 1 saturated heterocycles. The first-order chi connectivity index (χ1) is 18.1. The van der Waals surface area contributed by atoms with Crippen LogP contribution in [0.2, 0.25) is 0 Å². The van der Waals surface area contributed by atoms with E-state index in [1.807, 2.05) is 66.7 Å². The fraction of sp³-hybridized carbons (Fsp3) is 0.300. The summed E-state index contributed by atoms with van der Waals surface area (Å²) in [7, 11) is 5.41. The number of rotatable bonds is 8. The molecule has 2 heterocycles. The number of hydrogen-bond acceptors (Lipinski definition) is 6. The lowest BCUT2D eigenvalue weighted by atomic mass is 10.1. The van der Waals surface area contributed by atoms with E-state index in [2.05, 4.69) is 16.8 Å². The second-order valence-electron chi connectivity index (χ2n) is 9.34. The van der Waals surface area contributed by atoms with Gasteiger partial charge in [0.15, 0.2) is 0 Å². The first kappa shape index (κ1) is 24.9. The molecule has 0 spiro atoms. The minimum Gasteiger partial charge on any atom is -0.497 e. The molecule has 3 aromatic carbocycles. The van der Waals surface area contributed by atoms with Gasteiger partial charge in [-0.05, 0) is 84.7 Å². The lowest BCUT2D eigenvalue weighted by Gasteiger charge is -2.32. The molecule has 1 fully saturated rings. The van der Waals surface area contributed by atoms with Gasteiger partial charge in [-0.1, -0.05) is 6.07 Å². The minimum absolute atomic E-state index is 0.106. The summed E-state index contributed by atoms with van der Waals surface area (Å²) < 4.78 is 18.5. The summed E-state index contributed by atoms with van der Waals surface area (Å²) in [4.78, 5) is 18.6. The predicted molar refractivity (Wildman–Crippen MR) is 148 cm³/mol. The Morgan fingerprint density at radius 1 is 0.757 bits per heavy atom. The highest BCUT2D eigenvalue weighted by Gasteiger charge is 2.15. The van der Waals surface area contributed by atoms with E-state index >= 15 is 0 Å². The number of pyridine rings is 1. The number of benzene rings is 3. The second-order valence-corrected chi connectivity index (χ2v) is 9.34. The number of hydrogen-bond donors (Lipinski definition) is 0. The van der Waals surface area contributed by atoms with Crippen molar-refractivity contribution in [1.82, 2.24) is 14.4 Å². The third-order valence-corrected chi connectivity index (χ3v) is 6.98. The Morgan fingerprint density at radius 2 is 1.41 bits per heavy atom. The van der Waals surface area contributed by atoms with Crippen molar-refractivity contribution in [3.8, 4) is 34.2 Å². The molecule has 0 atom stereocenters. The first-order valence-electron chi connectivity index (χ1n) is 12.6. The average molecular weight is 500 g/mol. The molecule has 5 rings (SSSR count). The van der Waals surface area contributed by atoms with Gasteiger partial charge in [0.1, 0.15) is 23.9 Å². The summed E-state index contributed by atoms with van der Waals surface area (Å²) >= 11 is 0. The smallest absolute Gasteiger partial charge is 0.263 e. The van der Waals surface area contributed by atoms with E-state index in [4.69, 9.17) is 14.2 Å². The third-order valence-electron chi connectivity index (χ3n) is 6.98. The van der Waals surface area contributed by atoms with Crippen molar-refractivity contribution in [3.05, 3.63) is 83.2 Å². The number of methoxy groups -OCH3 is 2. The monoisotopic (exact) mass is 499 g/mol. The van der Waals surface area contributed by atoms with E-state index < -0.39 is 0 Å². The van der Waals surface area contributed by atoms with Crippen LogP contribution < -0.4 is 19.8 Å². The van der Waals surface area contributed by atoms with E-state index in [0.29, 0.717) is 17.7 Å². The van der Waals surface area contributed by atoms with Crippen molar-refractivity contribution < 1.29 is 14.2 Å². The topological polar surface area (TPSA) is 56.2 Å². The average Bonchev–Trinajstić information content (AvgIpc) is 2.94. The Hall–Kier alpha value is -3.81. The van der Waals surface area contributed by atoms with Crippen LogP contribution in [0.1, 0.15) is 0 Å². The molecule has 0 aliphatic carbocycles. The lowest BCUT2D eigenvalue weighted by Crippen LogP contribution is -2.45. The highest BCUT2D eigenvalue weighted by atomic mass is 16.5. The van der Waals surface area contributed by atoms with Gasteiger partial charge in [-0.25, -0.2) is 0 Å². The maximum atomic E-state index is 13.8. The Bertz CT molecular complexity index is 1410. The molecular weight excluding hydrogens is 466 g/mol. The Labute approximate surface area is 217 Å². The standard InChI is InChI=1S/C30H33N3O4/c1-31-14-16-32(17-15-31)18-19-37-26-12-7-24(8-13-26)33-29(22-4-9-25(35-2)10-5-22)20-23-6-11-27(36-3)21-28(23)30(33)34/h4-13,20-21H,14-19H2,1-3H3. The third kappa shape index (κ3) is 5.48. The lowest BCUT2D eigenvalue weighted by molar-refractivity contribution is 0.134. The van der Waals surface area contributed by atoms with Gasteiger partial charge < -0.3 is 19.1 Å². The quantitative estimate of drug-likeness (QED) is 0.360. The maximum Gasteiger partial charge on any atom is 0.263 e. The van der Waals surface area contributed by atoms with Crippen LogP contribution >= 0.6 is 0 Å². The van der Waals surface area contributed by atoms with Crippen molar-refractivity contribution >= 4 is 10.8 Å². The molecule has 0 unspecified atom stereocenters. The molecular formula is C30H33N3O4. The van der Waals surface area contributed by atoms with Crippen molar-refractivity contribution in [2.24, 2.45) is 0 Å². The number of nitrogens with zero attached hydrogens (tertiary/aromatic N) is 3. The van der Waals surface area contributed by atoms with Crippen LogP contribution in [0.3, 0.4) is 0 Å². The molecule has 0 saturated carbocycles. The van der Waals surface area contributed by atoms with Crippen LogP contribution in [-0.4, -0.2) is 75.0 Å². The van der Waals surface area contributed by atoms with E-state index in [-0.39, 0.29) is 5.56 Å². The minimum atomic E-state index is -0.106. The van der Waals surface area contributed by atoms with Crippen molar-refractivity contribution in [3.63, 3.8) is 0 Å². The fourth-order valence-corrected chi connectivity index (χ4v) is 4.70. The second kappa shape index (κ2) is 11.1. The zero-order chi connectivity index (χ0) is 25.8. The van der Waals surface area contributed by atoms with Crippen LogP contribution in [0, 0.1) is 0 Å². The molecule has 0 radical (unpaired) electrons. The molecule has 0 bridgehead atoms. The summed E-state index contributed by atoms with van der Waals surface area (Å²) in [5, 5.41) is 1.46. The predicted octanol–water partition coefficient (Wildman–Crippen LogP) is 4.30. The molecule has 4 aromatic rings. The molecule has 7 nitrogen and oxygen atoms in total. The first-order valence-corrected chi connectivity index (χ1v) is 12.6. The normalized spacial score (nSPS) is 14.6. The van der Waals surface area contributed by atoms with Gasteiger partial charge in [-0.15, -0.1) is 0 Å². The Balaban J connectivity index is 1.45. The summed E-state index contributed by atoms with van der Waals surface area (Å²) in [5.74, 6) is 2.21. The van der Waals surface area contributed by atoms with Gasteiger partial charge in [-0.3, -0.25) is 14.3 Å². The maximum absolute atomic E-state index is 13.8. The van der Waals surface area contributed by atoms with Crippen LogP contribution in [-0.2, 0) is 0 Å². The summed E-state index contributed by atoms with van der Waals surface area (Å²) in [5.41, 5.74) is 2.38. The van der Waals surface area contributed by atoms with Gasteiger partial charge in [0.2, 0.25) is 0 Å². The molecule has 37 heavy (non-hydrogen) atoms. The summed E-state index contributed by atoms with van der Waals surface area (Å²) in [6, 6.07) is 23.1. The van der Waals surface area contributed by atoms with E-state index in [9.17, 15) is 4.79 Å². The van der Waals surface area contributed by atoms with Crippen LogP contribution in [0.25, 0.3) is 27.7 Å². The summed E-state index contributed by atoms with van der Waals surface area (Å²) in [6.07, 6.45) is 0. The molecule has 7 heteroatoms. The van der Waals surface area contributed by atoms with Crippen LogP contribution in [0.15, 0.2) is 77.6 Å². The Morgan fingerprint density at radius 3 is 2.08 bits per heavy atom. The highest BCUT2D eigenvalue weighted by molar-refractivity contribution is 5.87. The zero-order valence-electron chi connectivity index (χ0n) is 21.6. The molecule has 1 aliphatic rings. The van der Waals surface area contributed by atoms with Gasteiger partial charge in [0.05, 0.1) is 25.3 Å². The van der Waals surface area contributed by atoms with E-state index in [0.717, 1.165) is 66.6 Å². The fourth-order valence-electron chi connectivity index (χ4n) is 4.70. The van der Waals surface area contributed by atoms with Crippen molar-refractivity contribution in [2.45, 2.75) is 0 Å².